The summed E-state index contributed by atoms with van der Waals surface area (Å²) in [4.78, 5) is 25.3. The van der Waals surface area contributed by atoms with Gasteiger partial charge >= 0.3 is 11.8 Å². The molecule has 0 heterocycles. The van der Waals surface area contributed by atoms with Crippen molar-refractivity contribution < 1.29 is 19.1 Å². The smallest absolute Gasteiger partial charge is 0.310 e. The van der Waals surface area contributed by atoms with Crippen molar-refractivity contribution in [1.82, 2.24) is 10.6 Å². The van der Waals surface area contributed by atoms with E-state index in [1.807, 2.05) is 66.7 Å². The molecule has 3 aromatic carbocycles. The molecule has 31 heavy (non-hydrogen) atoms. The van der Waals surface area contributed by atoms with Crippen LogP contribution in [0.1, 0.15) is 35.7 Å². The lowest BCUT2D eigenvalue weighted by Crippen LogP contribution is -2.42. The van der Waals surface area contributed by atoms with E-state index in [4.69, 9.17) is 9.47 Å². The van der Waals surface area contributed by atoms with Gasteiger partial charge in [-0.25, -0.2) is 0 Å². The highest BCUT2D eigenvalue weighted by Gasteiger charge is 2.23. The van der Waals surface area contributed by atoms with E-state index in [0.29, 0.717) is 11.5 Å². The Morgan fingerprint density at radius 1 is 0.677 bits per heavy atom. The van der Waals surface area contributed by atoms with Gasteiger partial charge in [-0.15, -0.1) is 0 Å². The van der Waals surface area contributed by atoms with E-state index in [9.17, 15) is 9.59 Å². The number of methoxy groups -OCH3 is 2. The number of ether oxygens (including phenoxy) is 2. The van der Waals surface area contributed by atoms with Gasteiger partial charge in [-0.05, 0) is 35.7 Å². The zero-order chi connectivity index (χ0) is 22.2. The Bertz CT molecular complexity index is 983. The van der Waals surface area contributed by atoms with Gasteiger partial charge < -0.3 is 20.1 Å². The Morgan fingerprint density at radius 2 is 1.19 bits per heavy atom. The Hall–Kier alpha value is -3.80. The lowest BCUT2D eigenvalue weighted by molar-refractivity contribution is -0.139. The summed E-state index contributed by atoms with van der Waals surface area (Å²) in [6, 6.07) is 23.6. The first kappa shape index (κ1) is 21.9. The number of carbonyl (C=O) groups excluding carboxylic acids is 2. The molecule has 0 aliphatic carbocycles. The summed E-state index contributed by atoms with van der Waals surface area (Å²) in [7, 11) is 3.11. The molecular formula is C25H26N2O4. The van der Waals surface area contributed by atoms with Crippen molar-refractivity contribution >= 4 is 11.8 Å². The molecular weight excluding hydrogens is 392 g/mol. The summed E-state index contributed by atoms with van der Waals surface area (Å²) < 4.78 is 10.6. The largest absolute Gasteiger partial charge is 0.493 e. The van der Waals surface area contributed by atoms with E-state index in [0.717, 1.165) is 16.7 Å². The van der Waals surface area contributed by atoms with Gasteiger partial charge in [0.25, 0.3) is 0 Å². The van der Waals surface area contributed by atoms with Crippen LogP contribution < -0.4 is 20.1 Å². The second kappa shape index (κ2) is 10.3. The molecule has 1 unspecified atom stereocenters. The van der Waals surface area contributed by atoms with Crippen LogP contribution in [0, 0.1) is 0 Å². The number of nitrogens with one attached hydrogen (secondary N) is 2. The molecule has 0 aromatic heterocycles. The van der Waals surface area contributed by atoms with Gasteiger partial charge in [-0.3, -0.25) is 9.59 Å². The molecule has 6 heteroatoms. The minimum atomic E-state index is -0.709. The maximum atomic E-state index is 12.7. The van der Waals surface area contributed by atoms with E-state index in [-0.39, 0.29) is 0 Å². The average molecular weight is 418 g/mol. The van der Waals surface area contributed by atoms with Crippen LogP contribution in [0.5, 0.6) is 11.5 Å². The molecule has 2 N–H and O–H groups in total. The van der Waals surface area contributed by atoms with Gasteiger partial charge in [-0.2, -0.15) is 0 Å². The number of rotatable bonds is 7. The van der Waals surface area contributed by atoms with Crippen molar-refractivity contribution in [3.05, 3.63) is 95.6 Å². The molecule has 160 valence electrons. The van der Waals surface area contributed by atoms with Crippen LogP contribution in [-0.4, -0.2) is 26.0 Å². The van der Waals surface area contributed by atoms with Crippen molar-refractivity contribution in [1.29, 1.82) is 0 Å². The summed E-state index contributed by atoms with van der Waals surface area (Å²) in [6.07, 6.45) is 0. The number of benzene rings is 3. The summed E-state index contributed by atoms with van der Waals surface area (Å²) in [6.45, 7) is 1.80. The molecule has 0 saturated carbocycles. The summed E-state index contributed by atoms with van der Waals surface area (Å²) in [5, 5.41) is 5.60. The highest BCUT2D eigenvalue weighted by molar-refractivity contribution is 6.35. The summed E-state index contributed by atoms with van der Waals surface area (Å²) in [5.74, 6) is -0.265. The number of amides is 2. The van der Waals surface area contributed by atoms with Crippen molar-refractivity contribution in [3.63, 3.8) is 0 Å². The minimum Gasteiger partial charge on any atom is -0.493 e. The highest BCUT2D eigenvalue weighted by Crippen LogP contribution is 2.30. The second-order valence-corrected chi connectivity index (χ2v) is 7.04. The van der Waals surface area contributed by atoms with E-state index in [2.05, 4.69) is 10.6 Å². The number of hydrogen-bond donors (Lipinski definition) is 2. The molecule has 0 radical (unpaired) electrons. The normalized spacial score (nSPS) is 11.5. The van der Waals surface area contributed by atoms with E-state index in [1.165, 1.54) is 0 Å². The first-order valence-electron chi connectivity index (χ1n) is 9.96. The Balaban J connectivity index is 1.73. The Labute approximate surface area is 182 Å². The van der Waals surface area contributed by atoms with Gasteiger partial charge in [0, 0.05) is 0 Å². The van der Waals surface area contributed by atoms with E-state index < -0.39 is 23.9 Å². The molecule has 6 nitrogen and oxygen atoms in total. The van der Waals surface area contributed by atoms with Crippen molar-refractivity contribution in [2.24, 2.45) is 0 Å². The monoisotopic (exact) mass is 418 g/mol. The first-order chi connectivity index (χ1) is 15.0. The highest BCUT2D eigenvalue weighted by atomic mass is 16.5. The predicted octanol–water partition coefficient (Wildman–Crippen LogP) is 3.79. The molecule has 1 atom stereocenters. The van der Waals surface area contributed by atoms with Gasteiger partial charge in [0.15, 0.2) is 11.5 Å². The van der Waals surface area contributed by atoms with Gasteiger partial charge in [-0.1, -0.05) is 66.7 Å². The zero-order valence-corrected chi connectivity index (χ0v) is 17.8. The lowest BCUT2D eigenvalue weighted by atomic mass is 9.98. The molecule has 0 spiro atoms. The van der Waals surface area contributed by atoms with Gasteiger partial charge in [0.1, 0.15) is 0 Å². The van der Waals surface area contributed by atoms with Crippen LogP contribution in [0.4, 0.5) is 0 Å². The number of carbonyl (C=O) groups is 2. The third kappa shape index (κ3) is 5.42. The van der Waals surface area contributed by atoms with Crippen molar-refractivity contribution in [2.75, 3.05) is 14.2 Å². The summed E-state index contributed by atoms with van der Waals surface area (Å²) in [5.41, 5.74) is 2.58. The fraction of sp³-hybridized carbons (Fsp3) is 0.200. The molecule has 0 fully saturated rings. The van der Waals surface area contributed by atoms with Crippen LogP contribution in [0.25, 0.3) is 0 Å². The van der Waals surface area contributed by atoms with Crippen molar-refractivity contribution in [2.45, 2.75) is 19.0 Å². The SMILES string of the molecule is COc1ccc(C(C)NC(=O)C(=O)NC(c2ccccc2)c2ccccc2)cc1OC. The first-order valence-corrected chi connectivity index (χ1v) is 9.96. The fourth-order valence-electron chi connectivity index (χ4n) is 3.31. The standard InChI is InChI=1S/C25H26N2O4/c1-17(20-14-15-21(30-2)22(16-20)31-3)26-24(28)25(29)27-23(18-10-6-4-7-11-18)19-12-8-5-9-13-19/h4-17,23H,1-3H3,(H,26,28)(H,27,29). The zero-order valence-electron chi connectivity index (χ0n) is 17.8. The summed E-state index contributed by atoms with van der Waals surface area (Å²) >= 11 is 0. The second-order valence-electron chi connectivity index (χ2n) is 7.04. The van der Waals surface area contributed by atoms with E-state index in [1.54, 1.807) is 33.3 Å². The van der Waals surface area contributed by atoms with Gasteiger partial charge in [0.05, 0.1) is 26.3 Å². The third-order valence-corrected chi connectivity index (χ3v) is 5.00. The van der Waals surface area contributed by atoms with Crippen LogP contribution in [-0.2, 0) is 9.59 Å². The van der Waals surface area contributed by atoms with Crippen LogP contribution in [0.15, 0.2) is 78.9 Å². The molecule has 0 aliphatic heterocycles. The predicted molar refractivity (Wildman–Crippen MR) is 119 cm³/mol. The minimum absolute atomic E-state index is 0.398. The third-order valence-electron chi connectivity index (χ3n) is 5.00. The lowest BCUT2D eigenvalue weighted by Gasteiger charge is -2.21. The van der Waals surface area contributed by atoms with Crippen LogP contribution in [0.2, 0.25) is 0 Å². The maximum Gasteiger partial charge on any atom is 0.310 e. The topological polar surface area (TPSA) is 76.7 Å². The fourth-order valence-corrected chi connectivity index (χ4v) is 3.31. The molecule has 2 amide bonds. The van der Waals surface area contributed by atoms with E-state index >= 15 is 0 Å². The Morgan fingerprint density at radius 3 is 1.71 bits per heavy atom. The molecule has 3 rings (SSSR count). The Kier molecular flexibility index (Phi) is 7.27. The average Bonchev–Trinajstić information content (AvgIpc) is 2.82. The van der Waals surface area contributed by atoms with Crippen LogP contribution >= 0.6 is 0 Å². The number of hydrogen-bond acceptors (Lipinski definition) is 4. The van der Waals surface area contributed by atoms with Crippen LogP contribution in [0.3, 0.4) is 0 Å². The maximum absolute atomic E-state index is 12.7. The van der Waals surface area contributed by atoms with Crippen molar-refractivity contribution in [3.8, 4) is 11.5 Å². The molecule has 0 bridgehead atoms. The molecule has 0 aliphatic rings. The molecule has 3 aromatic rings. The molecule has 0 saturated heterocycles. The van der Waals surface area contributed by atoms with Gasteiger partial charge in [0.2, 0.25) is 0 Å². The quantitative estimate of drug-likeness (QED) is 0.573.